The second-order valence-electron chi connectivity index (χ2n) is 4.32. The minimum Gasteiger partial charge on any atom is -0.497 e. The molecule has 1 rings (SSSR count). The quantitative estimate of drug-likeness (QED) is 0.650. The van der Waals surface area contributed by atoms with Gasteiger partial charge in [0.1, 0.15) is 5.75 Å². The van der Waals surface area contributed by atoms with Crippen molar-refractivity contribution >= 4 is 23.0 Å². The zero-order valence-corrected chi connectivity index (χ0v) is 12.8. The van der Waals surface area contributed by atoms with Crippen LogP contribution in [-0.4, -0.2) is 38.4 Å². The van der Waals surface area contributed by atoms with Crippen LogP contribution in [0.3, 0.4) is 0 Å². The van der Waals surface area contributed by atoms with E-state index < -0.39 is 0 Å². The largest absolute Gasteiger partial charge is 0.497 e. The Bertz CT molecular complexity index is 394. The Morgan fingerprint density at radius 3 is 2.68 bits per heavy atom. The van der Waals surface area contributed by atoms with E-state index in [-0.39, 0.29) is 0 Å². The minimum atomic E-state index is 0.653. The molecule has 0 unspecified atom stereocenters. The van der Waals surface area contributed by atoms with Crippen molar-refractivity contribution < 1.29 is 9.64 Å². The summed E-state index contributed by atoms with van der Waals surface area (Å²) in [7, 11) is 1.66. The van der Waals surface area contributed by atoms with Crippen LogP contribution in [0.1, 0.15) is 13.8 Å². The number of methoxy groups -OCH3 is 1. The summed E-state index contributed by atoms with van der Waals surface area (Å²) in [6, 6.07) is 7.73. The first-order valence-corrected chi connectivity index (χ1v) is 7.12. The Labute approximate surface area is 121 Å². The molecule has 5 heteroatoms. The van der Waals surface area contributed by atoms with E-state index in [0.717, 1.165) is 37.6 Å². The molecule has 0 saturated heterocycles. The van der Waals surface area contributed by atoms with Gasteiger partial charge < -0.3 is 20.3 Å². The third-order valence-electron chi connectivity index (χ3n) is 3.09. The molecule has 106 valence electrons. The lowest BCUT2D eigenvalue weighted by Crippen LogP contribution is -3.12. The summed E-state index contributed by atoms with van der Waals surface area (Å²) in [4.78, 5) is 1.57. The summed E-state index contributed by atoms with van der Waals surface area (Å²) in [6.07, 6.45) is 0. The van der Waals surface area contributed by atoms with Gasteiger partial charge in [-0.15, -0.1) is 0 Å². The Hall–Kier alpha value is -1.33. The van der Waals surface area contributed by atoms with Crippen molar-refractivity contribution in [1.29, 1.82) is 0 Å². The summed E-state index contributed by atoms with van der Waals surface area (Å²) >= 11 is 5.27. The fourth-order valence-electron chi connectivity index (χ4n) is 1.83. The van der Waals surface area contributed by atoms with Crippen molar-refractivity contribution in [2.45, 2.75) is 13.8 Å². The van der Waals surface area contributed by atoms with Gasteiger partial charge in [0.25, 0.3) is 0 Å². The monoisotopic (exact) mass is 282 g/mol. The number of benzene rings is 1. The molecule has 0 spiro atoms. The first-order valence-electron chi connectivity index (χ1n) is 6.72. The van der Waals surface area contributed by atoms with E-state index in [1.165, 1.54) is 0 Å². The normalized spacial score (nSPS) is 10.3. The van der Waals surface area contributed by atoms with Gasteiger partial charge in [-0.3, -0.25) is 0 Å². The van der Waals surface area contributed by atoms with Crippen molar-refractivity contribution in [2.75, 3.05) is 38.6 Å². The number of ether oxygens (including phenoxy) is 1. The van der Waals surface area contributed by atoms with Crippen LogP contribution in [0.25, 0.3) is 0 Å². The summed E-state index contributed by atoms with van der Waals surface area (Å²) in [5, 5.41) is 7.04. The number of thiocarbonyl (C=S) groups is 1. The predicted molar refractivity (Wildman–Crippen MR) is 84.1 cm³/mol. The van der Waals surface area contributed by atoms with Gasteiger partial charge >= 0.3 is 0 Å². The second kappa shape index (κ2) is 8.72. The molecule has 1 aromatic rings. The van der Waals surface area contributed by atoms with Crippen LogP contribution in [-0.2, 0) is 0 Å². The van der Waals surface area contributed by atoms with Gasteiger partial charge in [-0.05, 0) is 38.2 Å². The molecule has 0 heterocycles. The molecule has 3 N–H and O–H groups in total. The van der Waals surface area contributed by atoms with Gasteiger partial charge in [0, 0.05) is 11.8 Å². The maximum atomic E-state index is 5.27. The number of nitrogens with one attached hydrogen (secondary N) is 3. The number of rotatable bonds is 7. The zero-order valence-electron chi connectivity index (χ0n) is 12.0. The molecule has 0 fully saturated rings. The van der Waals surface area contributed by atoms with Crippen molar-refractivity contribution in [3.63, 3.8) is 0 Å². The third-order valence-corrected chi connectivity index (χ3v) is 3.34. The summed E-state index contributed by atoms with van der Waals surface area (Å²) in [5.41, 5.74) is 0.937. The van der Waals surface area contributed by atoms with Crippen LogP contribution in [0, 0.1) is 0 Å². The number of hydrogen-bond donors (Lipinski definition) is 3. The Balaban J connectivity index is 2.34. The molecule has 0 aromatic heterocycles. The number of quaternary nitrogens is 1. The lowest BCUT2D eigenvalue weighted by molar-refractivity contribution is -0.895. The zero-order chi connectivity index (χ0) is 14.1. The highest BCUT2D eigenvalue weighted by atomic mass is 32.1. The van der Waals surface area contributed by atoms with Crippen LogP contribution in [0.15, 0.2) is 24.3 Å². The molecule has 0 aliphatic rings. The lowest BCUT2D eigenvalue weighted by Gasteiger charge is -2.16. The summed E-state index contributed by atoms with van der Waals surface area (Å²) in [5.74, 6) is 0.820. The van der Waals surface area contributed by atoms with Crippen LogP contribution >= 0.6 is 12.2 Å². The first-order chi connectivity index (χ1) is 9.19. The maximum absolute atomic E-state index is 5.27. The summed E-state index contributed by atoms with van der Waals surface area (Å²) in [6.45, 7) is 8.65. The van der Waals surface area contributed by atoms with Crippen molar-refractivity contribution in [3.8, 4) is 5.75 Å². The number of hydrogen-bond acceptors (Lipinski definition) is 2. The Morgan fingerprint density at radius 1 is 1.32 bits per heavy atom. The van der Waals surface area contributed by atoms with E-state index in [2.05, 4.69) is 24.5 Å². The van der Waals surface area contributed by atoms with Gasteiger partial charge in [0.15, 0.2) is 5.11 Å². The standard InChI is InChI=1S/C14H23N3OS/c1-4-17(5-2)10-9-15-14(19)16-12-7-6-8-13(11-12)18-3/h6-8,11H,4-5,9-10H2,1-3H3,(H2,15,16,19)/p+1. The van der Waals surface area contributed by atoms with Crippen LogP contribution in [0.5, 0.6) is 5.75 Å². The molecular formula is C14H24N3OS+. The van der Waals surface area contributed by atoms with Gasteiger partial charge in [0.05, 0.1) is 33.3 Å². The Morgan fingerprint density at radius 2 is 2.05 bits per heavy atom. The van der Waals surface area contributed by atoms with Crippen molar-refractivity contribution in [3.05, 3.63) is 24.3 Å². The fourth-order valence-corrected chi connectivity index (χ4v) is 2.05. The fraction of sp³-hybridized carbons (Fsp3) is 0.500. The third kappa shape index (κ3) is 5.89. The molecule has 1 aromatic carbocycles. The van der Waals surface area contributed by atoms with Crippen LogP contribution < -0.4 is 20.3 Å². The number of anilines is 1. The minimum absolute atomic E-state index is 0.653. The SMILES string of the molecule is CC[NH+](CC)CCNC(=S)Nc1cccc(OC)c1. The average molecular weight is 282 g/mol. The highest BCUT2D eigenvalue weighted by molar-refractivity contribution is 7.80. The van der Waals surface area contributed by atoms with E-state index >= 15 is 0 Å². The molecule has 19 heavy (non-hydrogen) atoms. The van der Waals surface area contributed by atoms with Gasteiger partial charge in [-0.1, -0.05) is 6.07 Å². The summed E-state index contributed by atoms with van der Waals surface area (Å²) < 4.78 is 5.17. The number of likely N-dealkylation sites (N-methyl/N-ethyl adjacent to an activating group) is 1. The molecule has 0 aliphatic heterocycles. The molecule has 0 radical (unpaired) electrons. The molecule has 0 saturated carbocycles. The first kappa shape index (κ1) is 15.7. The van der Waals surface area contributed by atoms with Crippen molar-refractivity contribution in [1.82, 2.24) is 5.32 Å². The van der Waals surface area contributed by atoms with E-state index in [1.807, 2.05) is 24.3 Å². The van der Waals surface area contributed by atoms with Gasteiger partial charge in [-0.25, -0.2) is 0 Å². The molecular weight excluding hydrogens is 258 g/mol. The molecule has 4 nitrogen and oxygen atoms in total. The van der Waals surface area contributed by atoms with E-state index in [0.29, 0.717) is 5.11 Å². The predicted octanol–water partition coefficient (Wildman–Crippen LogP) is 0.906. The Kier molecular flexibility index (Phi) is 7.22. The molecule has 0 amide bonds. The van der Waals surface area contributed by atoms with Crippen LogP contribution in [0.2, 0.25) is 0 Å². The smallest absolute Gasteiger partial charge is 0.170 e. The van der Waals surface area contributed by atoms with Crippen LogP contribution in [0.4, 0.5) is 5.69 Å². The topological polar surface area (TPSA) is 37.7 Å². The van der Waals surface area contributed by atoms with Gasteiger partial charge in [0.2, 0.25) is 0 Å². The van der Waals surface area contributed by atoms with Gasteiger partial charge in [-0.2, -0.15) is 0 Å². The molecule has 0 aliphatic carbocycles. The van der Waals surface area contributed by atoms with E-state index in [1.54, 1.807) is 12.0 Å². The molecule has 0 bridgehead atoms. The molecule has 0 atom stereocenters. The van der Waals surface area contributed by atoms with Crippen molar-refractivity contribution in [2.24, 2.45) is 0 Å². The highest BCUT2D eigenvalue weighted by Crippen LogP contribution is 2.16. The van der Waals surface area contributed by atoms with E-state index in [9.17, 15) is 0 Å². The second-order valence-corrected chi connectivity index (χ2v) is 4.73. The average Bonchev–Trinajstić information content (AvgIpc) is 2.44. The maximum Gasteiger partial charge on any atom is 0.170 e. The highest BCUT2D eigenvalue weighted by Gasteiger charge is 2.03. The van der Waals surface area contributed by atoms with E-state index in [4.69, 9.17) is 17.0 Å². The lowest BCUT2D eigenvalue weighted by atomic mass is 10.3.